The van der Waals surface area contributed by atoms with E-state index in [4.69, 9.17) is 4.74 Å². The summed E-state index contributed by atoms with van der Waals surface area (Å²) in [4.78, 5) is 3.42. The number of nitrogens with zero attached hydrogens (tertiary/aromatic N) is 2. The molecule has 0 bridgehead atoms. The van der Waals surface area contributed by atoms with Gasteiger partial charge >= 0.3 is 0 Å². The van der Waals surface area contributed by atoms with E-state index in [1.54, 1.807) is 6.92 Å². The van der Waals surface area contributed by atoms with Crippen LogP contribution in [0.1, 0.15) is 11.1 Å². The summed E-state index contributed by atoms with van der Waals surface area (Å²) in [6.07, 6.45) is 0.872. The second-order valence-electron chi connectivity index (χ2n) is 5.75. The number of nitriles is 1. The maximum absolute atomic E-state index is 13.4. The molecule has 6 nitrogen and oxygen atoms in total. The van der Waals surface area contributed by atoms with Gasteiger partial charge in [0.15, 0.2) is 0 Å². The minimum atomic E-state index is -4.06. The molecule has 0 atom stereocenters. The topological polar surface area (TPSA) is 92.1 Å². The largest absolute Gasteiger partial charge is 0.456 e. The van der Waals surface area contributed by atoms with Gasteiger partial charge in [0.2, 0.25) is 0 Å². The molecule has 2 aromatic carbocycles. The zero-order valence-electron chi connectivity index (χ0n) is 14.5. The van der Waals surface area contributed by atoms with E-state index >= 15 is 0 Å². The Morgan fingerprint density at radius 1 is 1.04 bits per heavy atom. The molecule has 28 heavy (non-hydrogen) atoms. The lowest BCUT2D eigenvalue weighted by atomic mass is 10.2. The SMILES string of the molecule is Cc1ccc(F)cc1Oc1ccc(S(=O)(=O)Nc2ccc(F)cn2)cc1C#N. The highest BCUT2D eigenvalue weighted by atomic mass is 32.2. The summed E-state index contributed by atoms with van der Waals surface area (Å²) in [7, 11) is -4.06. The number of rotatable bonds is 5. The van der Waals surface area contributed by atoms with E-state index in [-0.39, 0.29) is 27.8 Å². The molecule has 0 aliphatic carbocycles. The van der Waals surface area contributed by atoms with Crippen molar-refractivity contribution in [3.8, 4) is 17.6 Å². The minimum absolute atomic E-state index is 0.0569. The zero-order valence-corrected chi connectivity index (χ0v) is 15.3. The van der Waals surface area contributed by atoms with Crippen molar-refractivity contribution in [1.29, 1.82) is 5.26 Å². The van der Waals surface area contributed by atoms with E-state index in [9.17, 15) is 22.5 Å². The van der Waals surface area contributed by atoms with Gasteiger partial charge in [-0.3, -0.25) is 4.72 Å². The van der Waals surface area contributed by atoms with Crippen LogP contribution in [0.3, 0.4) is 0 Å². The molecular formula is C19H13F2N3O3S. The summed E-state index contributed by atoms with van der Waals surface area (Å²) in [6.45, 7) is 1.71. The van der Waals surface area contributed by atoms with Crippen LogP contribution in [0.25, 0.3) is 0 Å². The Balaban J connectivity index is 1.91. The zero-order chi connectivity index (χ0) is 20.3. The highest BCUT2D eigenvalue weighted by molar-refractivity contribution is 7.92. The van der Waals surface area contributed by atoms with Gasteiger partial charge < -0.3 is 4.74 Å². The lowest BCUT2D eigenvalue weighted by molar-refractivity contribution is 0.471. The van der Waals surface area contributed by atoms with Crippen LogP contribution in [0.5, 0.6) is 11.5 Å². The number of hydrogen-bond acceptors (Lipinski definition) is 5. The molecule has 3 rings (SSSR count). The Labute approximate surface area is 160 Å². The predicted molar refractivity (Wildman–Crippen MR) is 97.4 cm³/mol. The second kappa shape index (κ2) is 7.62. The number of ether oxygens (including phenoxy) is 1. The number of benzene rings is 2. The maximum atomic E-state index is 13.4. The highest BCUT2D eigenvalue weighted by Crippen LogP contribution is 2.30. The van der Waals surface area contributed by atoms with Crippen LogP contribution < -0.4 is 9.46 Å². The van der Waals surface area contributed by atoms with Crippen LogP contribution >= 0.6 is 0 Å². The Morgan fingerprint density at radius 3 is 2.46 bits per heavy atom. The fraction of sp³-hybridized carbons (Fsp3) is 0.0526. The van der Waals surface area contributed by atoms with Crippen molar-refractivity contribution in [3.05, 3.63) is 77.5 Å². The van der Waals surface area contributed by atoms with Crippen LogP contribution in [0, 0.1) is 29.9 Å². The average molecular weight is 401 g/mol. The van der Waals surface area contributed by atoms with E-state index < -0.39 is 21.7 Å². The van der Waals surface area contributed by atoms with E-state index in [0.29, 0.717) is 5.56 Å². The number of sulfonamides is 1. The number of nitrogens with one attached hydrogen (secondary N) is 1. The number of pyridine rings is 1. The number of anilines is 1. The fourth-order valence-electron chi connectivity index (χ4n) is 2.29. The van der Waals surface area contributed by atoms with Gasteiger partial charge in [0, 0.05) is 6.07 Å². The van der Waals surface area contributed by atoms with E-state index in [1.165, 1.54) is 36.4 Å². The van der Waals surface area contributed by atoms with Gasteiger partial charge in [-0.25, -0.2) is 22.2 Å². The van der Waals surface area contributed by atoms with Crippen molar-refractivity contribution in [1.82, 2.24) is 4.98 Å². The Morgan fingerprint density at radius 2 is 1.79 bits per heavy atom. The van der Waals surface area contributed by atoms with Crippen molar-refractivity contribution in [2.75, 3.05) is 4.72 Å². The average Bonchev–Trinajstić information content (AvgIpc) is 2.66. The molecule has 0 amide bonds. The van der Waals surface area contributed by atoms with Crippen LogP contribution in [0.4, 0.5) is 14.6 Å². The van der Waals surface area contributed by atoms with E-state index in [1.807, 2.05) is 6.07 Å². The van der Waals surface area contributed by atoms with Crippen molar-refractivity contribution in [2.45, 2.75) is 11.8 Å². The standard InChI is InChI=1S/C19H13F2N3O3S/c1-12-2-3-14(20)9-18(12)27-17-6-5-16(8-13(17)10-22)28(25,26)24-19-7-4-15(21)11-23-19/h2-9,11H,1H3,(H,23,24). The van der Waals surface area contributed by atoms with Gasteiger partial charge in [-0.15, -0.1) is 0 Å². The highest BCUT2D eigenvalue weighted by Gasteiger charge is 2.18. The Kier molecular flexibility index (Phi) is 5.24. The summed E-state index contributed by atoms with van der Waals surface area (Å²) < 4.78 is 59.1. The molecule has 0 aliphatic rings. The van der Waals surface area contributed by atoms with Crippen LogP contribution in [0.2, 0.25) is 0 Å². The predicted octanol–water partition coefficient (Wildman–Crippen LogP) is 4.13. The number of halogens is 2. The summed E-state index contributed by atoms with van der Waals surface area (Å²) in [5.41, 5.74) is 0.588. The lowest BCUT2D eigenvalue weighted by Crippen LogP contribution is -2.14. The molecule has 9 heteroatoms. The molecule has 0 saturated carbocycles. The van der Waals surface area contributed by atoms with Crippen molar-refractivity contribution in [2.24, 2.45) is 0 Å². The smallest absolute Gasteiger partial charge is 0.263 e. The van der Waals surface area contributed by atoms with Gasteiger partial charge in [0.25, 0.3) is 10.0 Å². The first-order valence-electron chi connectivity index (χ1n) is 7.91. The quantitative estimate of drug-likeness (QED) is 0.694. The third kappa shape index (κ3) is 4.24. The maximum Gasteiger partial charge on any atom is 0.263 e. The molecule has 0 radical (unpaired) electrons. The van der Waals surface area contributed by atoms with Gasteiger partial charge in [-0.05, 0) is 48.9 Å². The van der Waals surface area contributed by atoms with E-state index in [2.05, 4.69) is 9.71 Å². The van der Waals surface area contributed by atoms with E-state index in [0.717, 1.165) is 18.3 Å². The number of aromatic nitrogens is 1. The molecule has 1 N–H and O–H groups in total. The normalized spacial score (nSPS) is 10.9. The first kappa shape index (κ1) is 19.3. The van der Waals surface area contributed by atoms with Crippen molar-refractivity contribution < 1.29 is 21.9 Å². The number of hydrogen-bond donors (Lipinski definition) is 1. The first-order chi connectivity index (χ1) is 13.3. The molecule has 0 spiro atoms. The summed E-state index contributed by atoms with van der Waals surface area (Å²) in [6, 6.07) is 11.7. The second-order valence-corrected chi connectivity index (χ2v) is 7.43. The monoisotopic (exact) mass is 401 g/mol. The summed E-state index contributed by atoms with van der Waals surface area (Å²) >= 11 is 0. The third-order valence-electron chi connectivity index (χ3n) is 3.72. The molecular weight excluding hydrogens is 388 g/mol. The fourth-order valence-corrected chi connectivity index (χ4v) is 3.32. The molecule has 0 saturated heterocycles. The third-order valence-corrected chi connectivity index (χ3v) is 5.07. The molecule has 1 heterocycles. The van der Waals surface area contributed by atoms with Crippen LogP contribution in [-0.2, 0) is 10.0 Å². The Hall–Kier alpha value is -3.51. The van der Waals surface area contributed by atoms with Crippen LogP contribution in [-0.4, -0.2) is 13.4 Å². The molecule has 0 aliphatic heterocycles. The van der Waals surface area contributed by atoms with Crippen molar-refractivity contribution in [3.63, 3.8) is 0 Å². The summed E-state index contributed by atoms with van der Waals surface area (Å²) in [5, 5.41) is 9.36. The van der Waals surface area contributed by atoms with Crippen LogP contribution in [0.15, 0.2) is 59.6 Å². The number of aryl methyl sites for hydroxylation is 1. The molecule has 1 aromatic heterocycles. The molecule has 0 fully saturated rings. The minimum Gasteiger partial charge on any atom is -0.456 e. The Bertz CT molecular complexity index is 1170. The van der Waals surface area contributed by atoms with Crippen molar-refractivity contribution >= 4 is 15.8 Å². The summed E-state index contributed by atoms with van der Waals surface area (Å²) in [5.74, 6) is -0.899. The molecule has 142 valence electrons. The van der Waals surface area contributed by atoms with Gasteiger partial charge in [-0.2, -0.15) is 5.26 Å². The first-order valence-corrected chi connectivity index (χ1v) is 9.39. The lowest BCUT2D eigenvalue weighted by Gasteiger charge is -2.12. The molecule has 3 aromatic rings. The van der Waals surface area contributed by atoms with Gasteiger partial charge in [0.05, 0.1) is 16.7 Å². The van der Waals surface area contributed by atoms with Gasteiger partial charge in [-0.1, -0.05) is 6.07 Å². The van der Waals surface area contributed by atoms with Gasteiger partial charge in [0.1, 0.15) is 35.0 Å². The molecule has 0 unspecified atom stereocenters.